The molecular weight excluding hydrogens is 276 g/mol. The molecule has 1 aromatic heterocycles. The second-order valence-electron chi connectivity index (χ2n) is 4.30. The number of hydrogen-bond donors (Lipinski definition) is 1. The Morgan fingerprint density at radius 1 is 1.65 bits per heavy atom. The highest BCUT2D eigenvalue weighted by molar-refractivity contribution is 7.08. The van der Waals surface area contributed by atoms with Gasteiger partial charge >= 0.3 is 5.97 Å². The molecule has 0 amide bonds. The molecule has 1 aliphatic rings. The molecule has 20 heavy (non-hydrogen) atoms. The van der Waals surface area contributed by atoms with Crippen molar-refractivity contribution >= 4 is 23.2 Å². The zero-order valence-electron chi connectivity index (χ0n) is 11.2. The van der Waals surface area contributed by atoms with Crippen LogP contribution >= 0.6 is 11.3 Å². The second-order valence-corrected chi connectivity index (χ2v) is 5.08. The largest absolute Gasteiger partial charge is 0.463 e. The third kappa shape index (κ3) is 2.45. The van der Waals surface area contributed by atoms with Gasteiger partial charge in [0.1, 0.15) is 11.7 Å². The maximum Gasteiger partial charge on any atom is 0.338 e. The minimum absolute atomic E-state index is 0.130. The zero-order chi connectivity index (χ0) is 14.7. The lowest BCUT2D eigenvalue weighted by molar-refractivity contribution is -0.139. The highest BCUT2D eigenvalue weighted by Gasteiger charge is 2.41. The molecule has 2 heterocycles. The van der Waals surface area contributed by atoms with Crippen molar-refractivity contribution in [2.24, 2.45) is 5.92 Å². The lowest BCUT2D eigenvalue weighted by atomic mass is 9.80. The molecule has 104 valence electrons. The van der Waals surface area contributed by atoms with Crippen LogP contribution in [0.5, 0.6) is 0 Å². The van der Waals surface area contributed by atoms with E-state index in [-0.39, 0.29) is 12.5 Å². The van der Waals surface area contributed by atoms with Gasteiger partial charge in [-0.2, -0.15) is 16.6 Å². The summed E-state index contributed by atoms with van der Waals surface area (Å²) >= 11 is 1.48. The Morgan fingerprint density at radius 2 is 2.40 bits per heavy atom. The minimum Gasteiger partial charge on any atom is -0.463 e. The third-order valence-electron chi connectivity index (χ3n) is 3.11. The number of hydrogen-bond acceptors (Lipinski definition) is 6. The van der Waals surface area contributed by atoms with Gasteiger partial charge in [-0.15, -0.1) is 0 Å². The van der Waals surface area contributed by atoms with Gasteiger partial charge in [-0.3, -0.25) is 5.41 Å². The number of carbonyl (C=O) groups excluding carboxylic acids is 1. The SMILES string of the molecule is CCOC(=O)C1=C(C)OC(=N)C(C#N)C1c1ccsc1. The van der Waals surface area contributed by atoms with Gasteiger partial charge in [0, 0.05) is 5.92 Å². The van der Waals surface area contributed by atoms with E-state index in [1.165, 1.54) is 11.3 Å². The van der Waals surface area contributed by atoms with Crippen molar-refractivity contribution in [3.05, 3.63) is 33.7 Å². The highest BCUT2D eigenvalue weighted by Crippen LogP contribution is 2.40. The number of esters is 1. The standard InChI is InChI=1S/C14H14N2O3S/c1-3-18-14(17)11-8(2)19-13(16)10(6-15)12(11)9-4-5-20-7-9/h4-5,7,10,12,16H,3H2,1-2H3. The second kappa shape index (κ2) is 5.88. The Morgan fingerprint density at radius 3 is 2.95 bits per heavy atom. The molecule has 0 aromatic carbocycles. The van der Waals surface area contributed by atoms with E-state index >= 15 is 0 Å². The van der Waals surface area contributed by atoms with E-state index in [1.54, 1.807) is 13.8 Å². The summed E-state index contributed by atoms with van der Waals surface area (Å²) in [6.45, 7) is 3.59. The Labute approximate surface area is 120 Å². The van der Waals surface area contributed by atoms with Crippen LogP contribution in [0.1, 0.15) is 25.3 Å². The van der Waals surface area contributed by atoms with Crippen LogP contribution in [0.3, 0.4) is 0 Å². The Kier molecular flexibility index (Phi) is 4.20. The number of nitriles is 1. The van der Waals surface area contributed by atoms with Gasteiger partial charge in [-0.25, -0.2) is 4.79 Å². The van der Waals surface area contributed by atoms with Gasteiger partial charge in [0.25, 0.3) is 0 Å². The van der Waals surface area contributed by atoms with Crippen LogP contribution in [-0.4, -0.2) is 18.5 Å². The maximum absolute atomic E-state index is 12.1. The summed E-state index contributed by atoms with van der Waals surface area (Å²) in [4.78, 5) is 12.1. The number of thiophene rings is 1. The first kappa shape index (κ1) is 14.3. The van der Waals surface area contributed by atoms with E-state index in [4.69, 9.17) is 14.9 Å². The third-order valence-corrected chi connectivity index (χ3v) is 3.81. The van der Waals surface area contributed by atoms with E-state index in [9.17, 15) is 10.1 Å². The van der Waals surface area contributed by atoms with Crippen molar-refractivity contribution < 1.29 is 14.3 Å². The topological polar surface area (TPSA) is 83.2 Å². The molecule has 6 heteroatoms. The van der Waals surface area contributed by atoms with Crippen molar-refractivity contribution in [1.29, 1.82) is 10.7 Å². The highest BCUT2D eigenvalue weighted by atomic mass is 32.1. The molecule has 0 radical (unpaired) electrons. The normalized spacial score (nSPS) is 22.1. The summed E-state index contributed by atoms with van der Waals surface area (Å²) in [5, 5.41) is 20.9. The van der Waals surface area contributed by atoms with E-state index in [1.807, 2.05) is 16.8 Å². The summed E-state index contributed by atoms with van der Waals surface area (Å²) in [6, 6.07) is 3.90. The van der Waals surface area contributed by atoms with Crippen LogP contribution in [0.25, 0.3) is 0 Å². The first-order chi connectivity index (χ1) is 9.60. The van der Waals surface area contributed by atoms with Gasteiger partial charge in [0.05, 0.1) is 18.2 Å². The molecule has 0 saturated heterocycles. The van der Waals surface area contributed by atoms with Crippen LogP contribution in [0.4, 0.5) is 0 Å². The van der Waals surface area contributed by atoms with Crippen LogP contribution < -0.4 is 0 Å². The molecule has 2 unspecified atom stereocenters. The number of allylic oxidation sites excluding steroid dienone is 1. The molecule has 5 nitrogen and oxygen atoms in total. The van der Waals surface area contributed by atoms with Crippen LogP contribution in [0, 0.1) is 22.7 Å². The lowest BCUT2D eigenvalue weighted by Gasteiger charge is -2.29. The molecule has 0 bridgehead atoms. The van der Waals surface area contributed by atoms with Crippen molar-refractivity contribution in [3.8, 4) is 6.07 Å². The van der Waals surface area contributed by atoms with Gasteiger partial charge in [0.2, 0.25) is 5.90 Å². The molecule has 1 aliphatic heterocycles. The molecule has 2 rings (SSSR count). The molecule has 1 N–H and O–H groups in total. The molecular formula is C14H14N2O3S. The summed E-state index contributed by atoms with van der Waals surface area (Å²) in [5.41, 5.74) is 1.16. The quantitative estimate of drug-likeness (QED) is 0.868. The van der Waals surface area contributed by atoms with Crippen molar-refractivity contribution in [2.75, 3.05) is 6.61 Å². The number of nitrogens with zero attached hydrogens (tertiary/aromatic N) is 1. The summed E-state index contributed by atoms with van der Waals surface area (Å²) < 4.78 is 10.3. The van der Waals surface area contributed by atoms with Crippen LogP contribution in [0.2, 0.25) is 0 Å². The fourth-order valence-corrected chi connectivity index (χ4v) is 2.94. The first-order valence-corrected chi connectivity index (χ1v) is 7.10. The number of nitrogens with one attached hydrogen (secondary N) is 1. The van der Waals surface area contributed by atoms with Crippen molar-refractivity contribution in [3.63, 3.8) is 0 Å². The molecule has 0 fully saturated rings. The molecule has 0 saturated carbocycles. The predicted octanol–water partition coefficient (Wildman–Crippen LogP) is 2.82. The van der Waals surface area contributed by atoms with E-state index in [0.29, 0.717) is 11.3 Å². The van der Waals surface area contributed by atoms with Crippen molar-refractivity contribution in [1.82, 2.24) is 0 Å². The Bertz CT molecular complexity index is 598. The van der Waals surface area contributed by atoms with Gasteiger partial charge in [0.15, 0.2) is 0 Å². The summed E-state index contributed by atoms with van der Waals surface area (Å²) in [6.07, 6.45) is 0. The fraction of sp³-hybridized carbons (Fsp3) is 0.357. The average Bonchev–Trinajstić information content (AvgIpc) is 2.91. The predicted molar refractivity (Wildman–Crippen MR) is 74.3 cm³/mol. The van der Waals surface area contributed by atoms with Gasteiger partial charge < -0.3 is 9.47 Å². The molecule has 0 spiro atoms. The molecule has 0 aliphatic carbocycles. The molecule has 2 atom stereocenters. The first-order valence-electron chi connectivity index (χ1n) is 6.16. The maximum atomic E-state index is 12.1. The Balaban J connectivity index is 2.53. The molecule has 1 aromatic rings. The fourth-order valence-electron chi connectivity index (χ4n) is 2.24. The zero-order valence-corrected chi connectivity index (χ0v) is 12.0. The number of carbonyl (C=O) groups is 1. The van der Waals surface area contributed by atoms with E-state index in [0.717, 1.165) is 5.56 Å². The number of ether oxygens (including phenoxy) is 2. The monoisotopic (exact) mass is 290 g/mol. The van der Waals surface area contributed by atoms with Gasteiger partial charge in [-0.05, 0) is 36.2 Å². The van der Waals surface area contributed by atoms with Crippen molar-refractivity contribution in [2.45, 2.75) is 19.8 Å². The average molecular weight is 290 g/mol. The van der Waals surface area contributed by atoms with E-state index in [2.05, 4.69) is 6.07 Å². The van der Waals surface area contributed by atoms with Gasteiger partial charge in [-0.1, -0.05) is 0 Å². The van der Waals surface area contributed by atoms with E-state index < -0.39 is 17.8 Å². The Hall–Kier alpha value is -2.13. The number of rotatable bonds is 3. The summed E-state index contributed by atoms with van der Waals surface area (Å²) in [5.74, 6) is -1.61. The minimum atomic E-state index is -0.812. The lowest BCUT2D eigenvalue weighted by Crippen LogP contribution is -2.32. The smallest absolute Gasteiger partial charge is 0.338 e. The van der Waals surface area contributed by atoms with Crippen LogP contribution in [0.15, 0.2) is 28.2 Å². The summed E-state index contributed by atoms with van der Waals surface area (Å²) in [7, 11) is 0. The van der Waals surface area contributed by atoms with Crippen LogP contribution in [-0.2, 0) is 14.3 Å².